The fourth-order valence-electron chi connectivity index (χ4n) is 2.43. The molecule has 0 spiro atoms. The Morgan fingerprint density at radius 3 is 2.32 bits per heavy atom. The lowest BCUT2D eigenvalue weighted by atomic mass is 10.1. The molecule has 0 saturated heterocycles. The number of nitrogens with one attached hydrogen (secondary N) is 1. The molecule has 2 aromatic carbocycles. The van der Waals surface area contributed by atoms with Gasteiger partial charge in [-0.3, -0.25) is 9.59 Å². The van der Waals surface area contributed by atoms with Crippen molar-refractivity contribution in [3.63, 3.8) is 0 Å². The van der Waals surface area contributed by atoms with E-state index in [1.807, 2.05) is 42.5 Å². The number of aryl methyl sites for hydroxylation is 1. The van der Waals surface area contributed by atoms with Gasteiger partial charge in [0.15, 0.2) is 0 Å². The van der Waals surface area contributed by atoms with Gasteiger partial charge in [0.05, 0.1) is 6.61 Å². The van der Waals surface area contributed by atoms with Crippen LogP contribution < -0.4 is 5.32 Å². The number of rotatable bonds is 8. The fraction of sp³-hybridized carbons (Fsp3) is 0.300. The summed E-state index contributed by atoms with van der Waals surface area (Å²) >= 11 is 0. The van der Waals surface area contributed by atoms with E-state index in [2.05, 4.69) is 5.32 Å². The number of benzene rings is 2. The number of aliphatic hydroxyl groups is 1. The van der Waals surface area contributed by atoms with Gasteiger partial charge in [-0.05, 0) is 29.7 Å². The number of hydrogen-bond donors (Lipinski definition) is 2. The van der Waals surface area contributed by atoms with Crippen molar-refractivity contribution in [3.8, 4) is 0 Å². The fourth-order valence-corrected chi connectivity index (χ4v) is 2.43. The molecule has 0 atom stereocenters. The van der Waals surface area contributed by atoms with Crippen LogP contribution in [0.4, 0.5) is 0 Å². The van der Waals surface area contributed by atoms with E-state index in [1.165, 1.54) is 4.90 Å². The zero-order chi connectivity index (χ0) is 18.1. The smallest absolute Gasteiger partial charge is 0.253 e. The van der Waals surface area contributed by atoms with Crippen molar-refractivity contribution in [3.05, 3.63) is 71.3 Å². The monoisotopic (exact) mass is 340 g/mol. The molecular formula is C20H24N2O3. The summed E-state index contributed by atoms with van der Waals surface area (Å²) in [5, 5.41) is 11.8. The third-order valence-corrected chi connectivity index (χ3v) is 3.96. The van der Waals surface area contributed by atoms with Gasteiger partial charge in [-0.25, -0.2) is 0 Å². The average Bonchev–Trinajstić information content (AvgIpc) is 2.65. The molecule has 2 rings (SSSR count). The largest absolute Gasteiger partial charge is 0.395 e. The molecule has 0 heterocycles. The first-order chi connectivity index (χ1) is 12.1. The molecule has 0 aliphatic rings. The minimum Gasteiger partial charge on any atom is -0.395 e. The molecule has 2 amide bonds. The molecule has 0 fully saturated rings. The van der Waals surface area contributed by atoms with Gasteiger partial charge >= 0.3 is 0 Å². The Hall–Kier alpha value is -2.66. The van der Waals surface area contributed by atoms with Crippen molar-refractivity contribution < 1.29 is 14.7 Å². The Morgan fingerprint density at radius 2 is 1.68 bits per heavy atom. The van der Waals surface area contributed by atoms with E-state index in [0.717, 1.165) is 17.5 Å². The quantitative estimate of drug-likeness (QED) is 0.772. The average molecular weight is 340 g/mol. The first kappa shape index (κ1) is 18.7. The zero-order valence-electron chi connectivity index (χ0n) is 14.4. The maximum absolute atomic E-state index is 12.1. The summed E-state index contributed by atoms with van der Waals surface area (Å²) in [5.74, 6) is -0.126. The van der Waals surface area contributed by atoms with E-state index in [1.54, 1.807) is 19.2 Å². The zero-order valence-corrected chi connectivity index (χ0v) is 14.4. The van der Waals surface area contributed by atoms with Gasteiger partial charge in [0.2, 0.25) is 5.91 Å². The number of amides is 2. The number of hydrogen-bond acceptors (Lipinski definition) is 3. The highest BCUT2D eigenvalue weighted by molar-refractivity contribution is 5.94. The van der Waals surface area contributed by atoms with Crippen molar-refractivity contribution in [2.24, 2.45) is 0 Å². The molecule has 0 aliphatic carbocycles. The molecule has 2 N–H and O–H groups in total. The second kappa shape index (κ2) is 9.59. The molecule has 0 bridgehead atoms. The first-order valence-electron chi connectivity index (χ1n) is 8.36. The first-order valence-corrected chi connectivity index (χ1v) is 8.36. The van der Waals surface area contributed by atoms with E-state index in [0.29, 0.717) is 25.1 Å². The number of nitrogens with zero attached hydrogens (tertiary/aromatic N) is 1. The Morgan fingerprint density at radius 1 is 1.00 bits per heavy atom. The maximum Gasteiger partial charge on any atom is 0.253 e. The van der Waals surface area contributed by atoms with Crippen molar-refractivity contribution >= 4 is 11.8 Å². The minimum atomic E-state index is -0.132. The predicted molar refractivity (Wildman–Crippen MR) is 97.1 cm³/mol. The van der Waals surface area contributed by atoms with Gasteiger partial charge in [0.1, 0.15) is 0 Å². The Bertz CT molecular complexity index is 684. The number of aliphatic hydroxyl groups excluding tert-OH is 1. The van der Waals surface area contributed by atoms with Crippen molar-refractivity contribution in [1.82, 2.24) is 10.2 Å². The van der Waals surface area contributed by atoms with E-state index in [9.17, 15) is 9.59 Å². The lowest BCUT2D eigenvalue weighted by molar-refractivity contribution is -0.121. The van der Waals surface area contributed by atoms with Crippen LogP contribution >= 0.6 is 0 Å². The predicted octanol–water partition coefficient (Wildman–Crippen LogP) is 2.00. The van der Waals surface area contributed by atoms with E-state index in [-0.39, 0.29) is 18.4 Å². The summed E-state index contributed by atoms with van der Waals surface area (Å²) in [7, 11) is 1.65. The normalized spacial score (nSPS) is 10.3. The molecular weight excluding hydrogens is 316 g/mol. The second-order valence-electron chi connectivity index (χ2n) is 5.91. The van der Waals surface area contributed by atoms with Crippen LogP contribution in [0.1, 0.15) is 27.9 Å². The van der Waals surface area contributed by atoms with Gasteiger partial charge in [0, 0.05) is 32.1 Å². The van der Waals surface area contributed by atoms with Gasteiger partial charge in [-0.15, -0.1) is 0 Å². The summed E-state index contributed by atoms with van der Waals surface area (Å²) < 4.78 is 0. The molecule has 5 heteroatoms. The van der Waals surface area contributed by atoms with Crippen molar-refractivity contribution in [2.75, 3.05) is 20.2 Å². The van der Waals surface area contributed by atoms with Crippen molar-refractivity contribution in [2.45, 2.75) is 19.4 Å². The third-order valence-electron chi connectivity index (χ3n) is 3.96. The van der Waals surface area contributed by atoms with Gasteiger partial charge < -0.3 is 15.3 Å². The SMILES string of the molecule is CN(CCO)C(=O)c1ccc(CNC(=O)CCc2ccccc2)cc1. The summed E-state index contributed by atoms with van der Waals surface area (Å²) in [4.78, 5) is 25.5. The van der Waals surface area contributed by atoms with Gasteiger partial charge in [-0.1, -0.05) is 42.5 Å². The highest BCUT2D eigenvalue weighted by atomic mass is 16.3. The van der Waals surface area contributed by atoms with Crippen LogP contribution in [0, 0.1) is 0 Å². The van der Waals surface area contributed by atoms with E-state index < -0.39 is 0 Å². The Balaban J connectivity index is 1.79. The molecule has 5 nitrogen and oxygen atoms in total. The Labute approximate surface area is 148 Å². The molecule has 132 valence electrons. The number of carbonyl (C=O) groups excluding carboxylic acids is 2. The molecule has 0 radical (unpaired) electrons. The second-order valence-corrected chi connectivity index (χ2v) is 5.91. The van der Waals surface area contributed by atoms with Crippen LogP contribution in [0.5, 0.6) is 0 Å². The maximum atomic E-state index is 12.1. The molecule has 0 aromatic heterocycles. The van der Waals surface area contributed by atoms with Crippen LogP contribution in [0.15, 0.2) is 54.6 Å². The Kier molecular flexibility index (Phi) is 7.16. The lowest BCUT2D eigenvalue weighted by Gasteiger charge is -2.15. The van der Waals surface area contributed by atoms with Gasteiger partial charge in [0.25, 0.3) is 5.91 Å². The molecule has 2 aromatic rings. The molecule has 0 saturated carbocycles. The standard InChI is InChI=1S/C20H24N2O3/c1-22(13-14-23)20(25)18-10-7-17(8-11-18)15-21-19(24)12-9-16-5-3-2-4-6-16/h2-8,10-11,23H,9,12-15H2,1H3,(H,21,24). The van der Waals surface area contributed by atoms with Crippen LogP contribution in [-0.2, 0) is 17.8 Å². The highest BCUT2D eigenvalue weighted by Gasteiger charge is 2.10. The molecule has 25 heavy (non-hydrogen) atoms. The van der Waals surface area contributed by atoms with Crippen LogP contribution in [-0.4, -0.2) is 42.0 Å². The van der Waals surface area contributed by atoms with E-state index >= 15 is 0 Å². The summed E-state index contributed by atoms with van der Waals surface area (Å²) in [6, 6.07) is 17.0. The topological polar surface area (TPSA) is 69.6 Å². The summed E-state index contributed by atoms with van der Waals surface area (Å²) in [5.41, 5.74) is 2.65. The lowest BCUT2D eigenvalue weighted by Crippen LogP contribution is -2.29. The van der Waals surface area contributed by atoms with Crippen LogP contribution in [0.2, 0.25) is 0 Å². The third kappa shape index (κ3) is 6.04. The highest BCUT2D eigenvalue weighted by Crippen LogP contribution is 2.07. The number of carbonyl (C=O) groups is 2. The summed E-state index contributed by atoms with van der Waals surface area (Å²) in [6.45, 7) is 0.683. The van der Waals surface area contributed by atoms with Crippen LogP contribution in [0.25, 0.3) is 0 Å². The van der Waals surface area contributed by atoms with Crippen LogP contribution in [0.3, 0.4) is 0 Å². The van der Waals surface area contributed by atoms with Crippen molar-refractivity contribution in [1.29, 1.82) is 0 Å². The van der Waals surface area contributed by atoms with E-state index in [4.69, 9.17) is 5.11 Å². The molecule has 0 unspecified atom stereocenters. The minimum absolute atomic E-state index is 0.00619. The number of likely N-dealkylation sites (N-methyl/N-ethyl adjacent to an activating group) is 1. The summed E-state index contributed by atoms with van der Waals surface area (Å²) in [6.07, 6.45) is 1.17. The van der Waals surface area contributed by atoms with Gasteiger partial charge in [-0.2, -0.15) is 0 Å². The molecule has 0 aliphatic heterocycles.